The lowest BCUT2D eigenvalue weighted by Gasteiger charge is -2.35. The molecule has 0 aliphatic carbocycles. The van der Waals surface area contributed by atoms with Crippen molar-refractivity contribution >= 4 is 39.3 Å². The normalized spacial score (nSPS) is 15.5. The van der Waals surface area contributed by atoms with Gasteiger partial charge in [-0.15, -0.1) is 0 Å². The summed E-state index contributed by atoms with van der Waals surface area (Å²) in [6.07, 6.45) is 0. The molecule has 0 bridgehead atoms. The van der Waals surface area contributed by atoms with Crippen LogP contribution in [0.25, 0.3) is 21.8 Å². The largest absolute Gasteiger partial charge is 0.507 e. The van der Waals surface area contributed by atoms with E-state index in [0.717, 1.165) is 58.3 Å². The van der Waals surface area contributed by atoms with E-state index >= 15 is 0 Å². The van der Waals surface area contributed by atoms with Crippen molar-refractivity contribution in [1.29, 1.82) is 0 Å². The number of rotatable bonds is 3. The van der Waals surface area contributed by atoms with Crippen LogP contribution in [0.3, 0.4) is 0 Å². The first-order valence-corrected chi connectivity index (χ1v) is 10.3. The third kappa shape index (κ3) is 3.08. The molecule has 2 N–H and O–H groups in total. The van der Waals surface area contributed by atoms with Gasteiger partial charge in [-0.2, -0.15) is 0 Å². The standard InChI is InChI=1S/C22H22N4OS/c1-25-10-12-26(13-11-25)19-14-20(27)21(16-7-3-2-6-15(16)19)28-22-23-17-8-4-5-9-18(17)24-22/h2-9,14,27H,10-13H2,1H3,(H,23,24). The Morgan fingerprint density at radius 3 is 2.46 bits per heavy atom. The van der Waals surface area contributed by atoms with Gasteiger partial charge < -0.3 is 19.9 Å². The fraction of sp³-hybridized carbons (Fsp3) is 0.227. The van der Waals surface area contributed by atoms with Crippen LogP contribution in [0, 0.1) is 0 Å². The van der Waals surface area contributed by atoms with E-state index in [2.05, 4.69) is 45.0 Å². The summed E-state index contributed by atoms with van der Waals surface area (Å²) in [4.78, 5) is 13.6. The molecule has 142 valence electrons. The third-order valence-electron chi connectivity index (χ3n) is 5.36. The summed E-state index contributed by atoms with van der Waals surface area (Å²) in [7, 11) is 2.15. The zero-order chi connectivity index (χ0) is 19.1. The molecule has 1 fully saturated rings. The van der Waals surface area contributed by atoms with E-state index in [1.54, 1.807) is 0 Å². The molecule has 0 unspecified atom stereocenters. The van der Waals surface area contributed by atoms with Gasteiger partial charge in [-0.05, 0) is 30.9 Å². The van der Waals surface area contributed by atoms with Crippen molar-refractivity contribution < 1.29 is 5.11 Å². The highest BCUT2D eigenvalue weighted by Crippen LogP contribution is 2.43. The molecular weight excluding hydrogens is 368 g/mol. The van der Waals surface area contributed by atoms with E-state index in [0.29, 0.717) is 5.75 Å². The van der Waals surface area contributed by atoms with Crippen LogP contribution >= 0.6 is 11.8 Å². The number of nitrogens with one attached hydrogen (secondary N) is 1. The number of aromatic hydroxyl groups is 1. The summed E-state index contributed by atoms with van der Waals surface area (Å²) in [5, 5.41) is 13.9. The fourth-order valence-electron chi connectivity index (χ4n) is 3.81. The minimum absolute atomic E-state index is 0.304. The van der Waals surface area contributed by atoms with Crippen LogP contribution in [-0.2, 0) is 0 Å². The van der Waals surface area contributed by atoms with Crippen LogP contribution in [0.1, 0.15) is 0 Å². The Morgan fingerprint density at radius 2 is 1.68 bits per heavy atom. The Hall–Kier alpha value is -2.70. The second-order valence-electron chi connectivity index (χ2n) is 7.24. The minimum Gasteiger partial charge on any atom is -0.507 e. The van der Waals surface area contributed by atoms with Crippen molar-refractivity contribution in [3.8, 4) is 5.75 Å². The van der Waals surface area contributed by atoms with Gasteiger partial charge in [-0.3, -0.25) is 0 Å². The van der Waals surface area contributed by atoms with Crippen LogP contribution in [-0.4, -0.2) is 53.2 Å². The molecule has 1 aliphatic rings. The SMILES string of the molecule is CN1CCN(c2cc(O)c(Sc3nc4ccccc4[nH]3)c3ccccc23)CC1. The van der Waals surface area contributed by atoms with E-state index < -0.39 is 0 Å². The predicted octanol–water partition coefficient (Wildman–Crippen LogP) is 4.32. The van der Waals surface area contributed by atoms with Crippen molar-refractivity contribution in [3.05, 3.63) is 54.6 Å². The van der Waals surface area contributed by atoms with Crippen LogP contribution < -0.4 is 4.90 Å². The molecular formula is C22H22N4OS. The molecule has 0 saturated carbocycles. The smallest absolute Gasteiger partial charge is 0.171 e. The molecule has 3 aromatic carbocycles. The number of hydrogen-bond donors (Lipinski definition) is 2. The number of nitrogens with zero attached hydrogens (tertiary/aromatic N) is 3. The summed E-state index contributed by atoms with van der Waals surface area (Å²) in [5.74, 6) is 0.304. The zero-order valence-corrected chi connectivity index (χ0v) is 16.5. The van der Waals surface area contributed by atoms with Crippen LogP contribution in [0.5, 0.6) is 5.75 Å². The average molecular weight is 391 g/mol. The number of aromatic amines is 1. The summed E-state index contributed by atoms with van der Waals surface area (Å²) in [6.45, 7) is 4.00. The lowest BCUT2D eigenvalue weighted by atomic mass is 10.1. The first-order chi connectivity index (χ1) is 13.7. The Morgan fingerprint density at radius 1 is 0.964 bits per heavy atom. The maximum Gasteiger partial charge on any atom is 0.171 e. The number of anilines is 1. The molecule has 0 atom stereocenters. The van der Waals surface area contributed by atoms with Gasteiger partial charge in [-0.25, -0.2) is 4.98 Å². The van der Waals surface area contributed by atoms with Crippen molar-refractivity contribution in [2.24, 2.45) is 0 Å². The highest BCUT2D eigenvalue weighted by Gasteiger charge is 2.20. The number of benzene rings is 3. The topological polar surface area (TPSA) is 55.4 Å². The van der Waals surface area contributed by atoms with Crippen LogP contribution in [0.15, 0.2) is 64.6 Å². The molecule has 1 saturated heterocycles. The monoisotopic (exact) mass is 390 g/mol. The third-order valence-corrected chi connectivity index (χ3v) is 6.38. The van der Waals surface area contributed by atoms with Gasteiger partial charge in [0.1, 0.15) is 5.75 Å². The predicted molar refractivity (Wildman–Crippen MR) is 116 cm³/mol. The lowest BCUT2D eigenvalue weighted by molar-refractivity contribution is 0.313. The Bertz CT molecular complexity index is 1110. The number of aromatic nitrogens is 2. The quantitative estimate of drug-likeness (QED) is 0.545. The van der Waals surface area contributed by atoms with E-state index in [4.69, 9.17) is 0 Å². The maximum absolute atomic E-state index is 10.9. The van der Waals surface area contributed by atoms with Gasteiger partial charge in [0.2, 0.25) is 0 Å². The summed E-state index contributed by atoms with van der Waals surface area (Å²) in [5.41, 5.74) is 3.04. The molecule has 0 amide bonds. The molecule has 5 rings (SSSR count). The molecule has 1 aliphatic heterocycles. The zero-order valence-electron chi connectivity index (χ0n) is 15.7. The van der Waals surface area contributed by atoms with Crippen molar-refractivity contribution in [1.82, 2.24) is 14.9 Å². The molecule has 28 heavy (non-hydrogen) atoms. The number of phenolic OH excluding ortho intramolecular Hbond substituents is 1. The molecule has 1 aromatic heterocycles. The van der Waals surface area contributed by atoms with E-state index in [9.17, 15) is 5.11 Å². The first-order valence-electron chi connectivity index (χ1n) is 9.50. The summed E-state index contributed by atoms with van der Waals surface area (Å²) < 4.78 is 0. The molecule has 4 aromatic rings. The van der Waals surface area contributed by atoms with Gasteiger partial charge in [0, 0.05) is 48.7 Å². The maximum atomic E-state index is 10.9. The van der Waals surface area contributed by atoms with Gasteiger partial charge in [-0.1, -0.05) is 36.4 Å². The number of para-hydroxylation sites is 2. The lowest BCUT2D eigenvalue weighted by Crippen LogP contribution is -2.44. The van der Waals surface area contributed by atoms with Gasteiger partial charge in [0.05, 0.1) is 15.9 Å². The minimum atomic E-state index is 0.304. The van der Waals surface area contributed by atoms with Crippen LogP contribution in [0.2, 0.25) is 0 Å². The second kappa shape index (κ2) is 7.04. The van der Waals surface area contributed by atoms with E-state index in [1.165, 1.54) is 17.1 Å². The number of imidazole rings is 1. The molecule has 5 nitrogen and oxygen atoms in total. The average Bonchev–Trinajstić information content (AvgIpc) is 3.13. The van der Waals surface area contributed by atoms with Crippen molar-refractivity contribution in [2.75, 3.05) is 38.1 Å². The highest BCUT2D eigenvalue weighted by atomic mass is 32.2. The van der Waals surface area contributed by atoms with Gasteiger partial charge in [0.15, 0.2) is 5.16 Å². The molecule has 2 heterocycles. The second-order valence-corrected chi connectivity index (χ2v) is 8.24. The number of phenols is 1. The molecule has 0 radical (unpaired) electrons. The Kier molecular flexibility index (Phi) is 4.37. The number of H-pyrrole nitrogens is 1. The summed E-state index contributed by atoms with van der Waals surface area (Å²) >= 11 is 1.48. The Labute approximate surface area is 168 Å². The number of likely N-dealkylation sites (N-methyl/N-ethyl adjacent to an activating group) is 1. The van der Waals surface area contributed by atoms with E-state index in [1.807, 2.05) is 36.4 Å². The number of fused-ring (bicyclic) bond motifs is 2. The van der Waals surface area contributed by atoms with Gasteiger partial charge in [0.25, 0.3) is 0 Å². The first kappa shape index (κ1) is 17.4. The van der Waals surface area contributed by atoms with Crippen molar-refractivity contribution in [2.45, 2.75) is 10.1 Å². The van der Waals surface area contributed by atoms with Gasteiger partial charge >= 0.3 is 0 Å². The Balaban J connectivity index is 1.58. The molecule has 0 spiro atoms. The fourth-order valence-corrected chi connectivity index (χ4v) is 4.76. The van der Waals surface area contributed by atoms with E-state index in [-0.39, 0.29) is 0 Å². The van der Waals surface area contributed by atoms with Crippen LogP contribution in [0.4, 0.5) is 5.69 Å². The molecule has 6 heteroatoms. The van der Waals surface area contributed by atoms with Crippen molar-refractivity contribution in [3.63, 3.8) is 0 Å². The number of hydrogen-bond acceptors (Lipinski definition) is 5. The highest BCUT2D eigenvalue weighted by molar-refractivity contribution is 7.99. The number of piperazine rings is 1. The summed E-state index contributed by atoms with van der Waals surface area (Å²) in [6, 6.07) is 18.2.